The summed E-state index contributed by atoms with van der Waals surface area (Å²) in [5, 5.41) is 11.6. The molecule has 32 heavy (non-hydrogen) atoms. The summed E-state index contributed by atoms with van der Waals surface area (Å²) in [6.45, 7) is 0.990. The fourth-order valence-electron chi connectivity index (χ4n) is 3.85. The molecule has 164 valence electrons. The highest BCUT2D eigenvalue weighted by Gasteiger charge is 2.45. The Labute approximate surface area is 190 Å². The number of carbonyl (C=O) groups excluding carboxylic acids is 2. The summed E-state index contributed by atoms with van der Waals surface area (Å²) in [6.07, 6.45) is 5.85. The molecule has 0 bridgehead atoms. The van der Waals surface area contributed by atoms with E-state index in [-0.39, 0.29) is 11.3 Å². The van der Waals surface area contributed by atoms with Crippen molar-refractivity contribution in [3.05, 3.63) is 89.0 Å². The first-order valence-corrected chi connectivity index (χ1v) is 10.5. The van der Waals surface area contributed by atoms with Crippen molar-refractivity contribution in [2.24, 2.45) is 0 Å². The lowest BCUT2D eigenvalue weighted by atomic mass is 9.95. The number of ether oxygens (including phenoxy) is 1. The average molecular weight is 452 g/mol. The number of Topliss-reactive ketones (excluding diaryl/α,β-unsaturated/α-hetero) is 1. The first-order valence-electron chi connectivity index (χ1n) is 10.1. The maximum atomic E-state index is 13.0. The maximum absolute atomic E-state index is 13.0. The SMILES string of the molecule is COc1ccc(/C(O)=C2\C(=O)C(=O)N(CCCn3ccnc3)[C@H]2c2ccc(Cl)cc2)cc1. The van der Waals surface area contributed by atoms with E-state index in [2.05, 4.69) is 4.98 Å². The minimum Gasteiger partial charge on any atom is -0.507 e. The fourth-order valence-corrected chi connectivity index (χ4v) is 3.98. The second-order valence-corrected chi connectivity index (χ2v) is 7.86. The van der Waals surface area contributed by atoms with Crippen molar-refractivity contribution in [1.82, 2.24) is 14.5 Å². The minimum atomic E-state index is -0.711. The summed E-state index contributed by atoms with van der Waals surface area (Å²) in [5.41, 5.74) is 1.19. The third kappa shape index (κ3) is 4.24. The van der Waals surface area contributed by atoms with Crippen LogP contribution in [0, 0.1) is 0 Å². The highest BCUT2D eigenvalue weighted by Crippen LogP contribution is 2.39. The predicted molar refractivity (Wildman–Crippen MR) is 120 cm³/mol. The number of aliphatic hydroxyl groups is 1. The zero-order chi connectivity index (χ0) is 22.7. The van der Waals surface area contributed by atoms with E-state index in [0.717, 1.165) is 0 Å². The molecule has 0 aliphatic carbocycles. The zero-order valence-electron chi connectivity index (χ0n) is 17.4. The number of methoxy groups -OCH3 is 1. The summed E-state index contributed by atoms with van der Waals surface area (Å²) in [6, 6.07) is 12.9. The summed E-state index contributed by atoms with van der Waals surface area (Å²) >= 11 is 6.05. The smallest absolute Gasteiger partial charge is 0.295 e. The number of ketones is 1. The molecule has 1 aliphatic heterocycles. The van der Waals surface area contributed by atoms with Gasteiger partial charge in [-0.1, -0.05) is 23.7 Å². The number of aryl methyl sites for hydroxylation is 1. The predicted octanol–water partition coefficient (Wildman–Crippen LogP) is 4.06. The standard InChI is InChI=1S/C24H22ClN3O4/c1-32-19-9-5-17(6-10-19)22(29)20-21(16-3-7-18(25)8-4-16)28(24(31)23(20)30)13-2-12-27-14-11-26-15-27/h3-11,14-15,21,29H,2,12-13H2,1H3/b22-20+/t21-/m0/s1. The summed E-state index contributed by atoms with van der Waals surface area (Å²) < 4.78 is 7.07. The van der Waals surface area contributed by atoms with Crippen molar-refractivity contribution in [1.29, 1.82) is 0 Å². The van der Waals surface area contributed by atoms with Gasteiger partial charge in [0.15, 0.2) is 0 Å². The molecule has 1 amide bonds. The van der Waals surface area contributed by atoms with Crippen molar-refractivity contribution >= 4 is 29.1 Å². The third-order valence-corrected chi connectivity index (χ3v) is 5.72. The van der Waals surface area contributed by atoms with Gasteiger partial charge in [0.2, 0.25) is 0 Å². The molecule has 3 aromatic rings. The Balaban J connectivity index is 1.71. The van der Waals surface area contributed by atoms with Gasteiger partial charge in [0.25, 0.3) is 11.7 Å². The van der Waals surface area contributed by atoms with E-state index in [0.29, 0.717) is 41.4 Å². The third-order valence-electron chi connectivity index (χ3n) is 5.46. The molecule has 1 atom stereocenters. The molecule has 8 heteroatoms. The molecule has 0 unspecified atom stereocenters. The number of aliphatic hydroxyl groups excluding tert-OH is 1. The molecule has 7 nitrogen and oxygen atoms in total. The van der Waals surface area contributed by atoms with Crippen LogP contribution in [-0.2, 0) is 16.1 Å². The number of halogens is 1. The number of carbonyl (C=O) groups is 2. The zero-order valence-corrected chi connectivity index (χ0v) is 18.2. The van der Waals surface area contributed by atoms with Gasteiger partial charge in [-0.05, 0) is 48.4 Å². The number of imidazole rings is 1. The first-order chi connectivity index (χ1) is 15.5. The molecule has 1 aliphatic rings. The number of nitrogens with zero attached hydrogens (tertiary/aromatic N) is 3. The van der Waals surface area contributed by atoms with Crippen molar-refractivity contribution in [2.45, 2.75) is 19.0 Å². The monoisotopic (exact) mass is 451 g/mol. The van der Waals surface area contributed by atoms with Gasteiger partial charge in [0.05, 0.1) is 25.1 Å². The second-order valence-electron chi connectivity index (χ2n) is 7.43. The van der Waals surface area contributed by atoms with Crippen LogP contribution in [-0.4, -0.2) is 44.9 Å². The summed E-state index contributed by atoms with van der Waals surface area (Å²) in [7, 11) is 1.55. The fraction of sp³-hybridized carbons (Fsp3) is 0.208. The second kappa shape index (κ2) is 9.28. The number of rotatable bonds is 7. The van der Waals surface area contributed by atoms with E-state index in [1.54, 1.807) is 68.2 Å². The van der Waals surface area contributed by atoms with Crippen LogP contribution < -0.4 is 4.74 Å². The van der Waals surface area contributed by atoms with Crippen LogP contribution in [0.5, 0.6) is 5.75 Å². The van der Waals surface area contributed by atoms with Gasteiger partial charge in [0.1, 0.15) is 11.5 Å². The Kier molecular flexibility index (Phi) is 6.28. The topological polar surface area (TPSA) is 84.7 Å². The summed E-state index contributed by atoms with van der Waals surface area (Å²) in [4.78, 5) is 31.5. The van der Waals surface area contributed by atoms with Crippen LogP contribution in [0.15, 0.2) is 72.8 Å². The molecule has 0 radical (unpaired) electrons. The van der Waals surface area contributed by atoms with E-state index < -0.39 is 17.7 Å². The van der Waals surface area contributed by atoms with E-state index in [4.69, 9.17) is 16.3 Å². The minimum absolute atomic E-state index is 0.0603. The van der Waals surface area contributed by atoms with Crippen LogP contribution in [0.3, 0.4) is 0 Å². The Hall–Kier alpha value is -3.58. The van der Waals surface area contributed by atoms with Gasteiger partial charge in [-0.15, -0.1) is 0 Å². The quantitative estimate of drug-likeness (QED) is 0.332. The largest absolute Gasteiger partial charge is 0.507 e. The molecule has 2 heterocycles. The van der Waals surface area contributed by atoms with E-state index >= 15 is 0 Å². The number of benzene rings is 2. The van der Waals surface area contributed by atoms with Gasteiger partial charge in [-0.25, -0.2) is 4.98 Å². The highest BCUT2D eigenvalue weighted by atomic mass is 35.5. The van der Waals surface area contributed by atoms with E-state index in [1.165, 1.54) is 4.90 Å². The Morgan fingerprint density at radius 3 is 2.44 bits per heavy atom. The van der Waals surface area contributed by atoms with Crippen molar-refractivity contribution in [3.8, 4) is 5.75 Å². The lowest BCUT2D eigenvalue weighted by Gasteiger charge is -2.25. The normalized spacial score (nSPS) is 17.7. The molecule has 1 saturated heterocycles. The van der Waals surface area contributed by atoms with E-state index in [9.17, 15) is 14.7 Å². The van der Waals surface area contributed by atoms with Crippen LogP contribution in [0.4, 0.5) is 0 Å². The van der Waals surface area contributed by atoms with Crippen molar-refractivity contribution in [3.63, 3.8) is 0 Å². The number of hydrogen-bond donors (Lipinski definition) is 1. The number of likely N-dealkylation sites (tertiary alicyclic amines) is 1. The molecule has 1 aromatic heterocycles. The molecule has 1 N–H and O–H groups in total. The summed E-state index contributed by atoms with van der Waals surface area (Å²) in [5.74, 6) is -0.939. The molecule has 0 saturated carbocycles. The Morgan fingerprint density at radius 2 is 1.81 bits per heavy atom. The van der Waals surface area contributed by atoms with Crippen LogP contribution in [0.25, 0.3) is 5.76 Å². The van der Waals surface area contributed by atoms with Crippen molar-refractivity contribution in [2.75, 3.05) is 13.7 Å². The van der Waals surface area contributed by atoms with Gasteiger partial charge in [-0.3, -0.25) is 9.59 Å². The number of amides is 1. The first kappa shape index (κ1) is 21.6. The Morgan fingerprint density at radius 1 is 1.09 bits per heavy atom. The maximum Gasteiger partial charge on any atom is 0.295 e. The number of hydrogen-bond acceptors (Lipinski definition) is 5. The lowest BCUT2D eigenvalue weighted by molar-refractivity contribution is -0.139. The molecular formula is C24H22ClN3O4. The van der Waals surface area contributed by atoms with Crippen molar-refractivity contribution < 1.29 is 19.4 Å². The Bertz CT molecular complexity index is 1140. The lowest BCUT2D eigenvalue weighted by Crippen LogP contribution is -2.31. The molecule has 2 aromatic carbocycles. The average Bonchev–Trinajstić information content (AvgIpc) is 3.41. The van der Waals surface area contributed by atoms with E-state index in [1.807, 2.05) is 10.8 Å². The van der Waals surface area contributed by atoms with Gasteiger partial charge >= 0.3 is 0 Å². The molecular weight excluding hydrogens is 430 g/mol. The number of aromatic nitrogens is 2. The molecule has 4 rings (SSSR count). The molecule has 1 fully saturated rings. The van der Waals surface area contributed by atoms with Gasteiger partial charge in [-0.2, -0.15) is 0 Å². The highest BCUT2D eigenvalue weighted by molar-refractivity contribution is 6.46. The van der Waals surface area contributed by atoms with Crippen LogP contribution in [0.1, 0.15) is 23.6 Å². The van der Waals surface area contributed by atoms with Gasteiger partial charge < -0.3 is 19.3 Å². The van der Waals surface area contributed by atoms with Crippen LogP contribution in [0.2, 0.25) is 5.02 Å². The van der Waals surface area contributed by atoms with Crippen LogP contribution >= 0.6 is 11.6 Å². The van der Waals surface area contributed by atoms with Gasteiger partial charge in [0, 0.05) is 36.1 Å². The molecule has 0 spiro atoms.